The van der Waals surface area contributed by atoms with Crippen molar-refractivity contribution in [3.05, 3.63) is 0 Å². The maximum atomic E-state index is 12.4. The van der Waals surface area contributed by atoms with Crippen molar-refractivity contribution in [2.75, 3.05) is 0 Å². The van der Waals surface area contributed by atoms with Crippen LogP contribution in [-0.2, 0) is 4.79 Å². The predicted octanol–water partition coefficient (Wildman–Crippen LogP) is 2.25. The second-order valence-electron chi connectivity index (χ2n) is 9.40. The molecule has 0 saturated heterocycles. The van der Waals surface area contributed by atoms with Crippen molar-refractivity contribution in [1.29, 1.82) is 0 Å². The van der Waals surface area contributed by atoms with Crippen molar-refractivity contribution in [3.8, 4) is 0 Å². The van der Waals surface area contributed by atoms with Crippen LogP contribution < -0.4 is 0 Å². The minimum Gasteiger partial charge on any atom is -0.393 e. The number of carbonyl (C=O) groups is 1. The van der Waals surface area contributed by atoms with E-state index in [4.69, 9.17) is 0 Å². The lowest BCUT2D eigenvalue weighted by Crippen LogP contribution is -2.60. The van der Waals surface area contributed by atoms with Crippen LogP contribution in [0.3, 0.4) is 0 Å². The lowest BCUT2D eigenvalue weighted by Gasteiger charge is -2.62. The van der Waals surface area contributed by atoms with E-state index in [9.17, 15) is 20.1 Å². The Bertz CT molecular complexity index is 529. The Morgan fingerprint density at radius 3 is 2.52 bits per heavy atom. The molecule has 23 heavy (non-hydrogen) atoms. The van der Waals surface area contributed by atoms with Gasteiger partial charge in [0, 0.05) is 24.7 Å². The Labute approximate surface area is 138 Å². The number of aliphatic hydroxyl groups excluding tert-OH is 1. The maximum absolute atomic E-state index is 12.4. The molecule has 0 aromatic rings. The van der Waals surface area contributed by atoms with E-state index in [0.29, 0.717) is 43.3 Å². The van der Waals surface area contributed by atoms with Crippen LogP contribution in [0.4, 0.5) is 0 Å². The normalized spacial score (nSPS) is 55.0. The second-order valence-corrected chi connectivity index (χ2v) is 9.40. The molecule has 0 bridgehead atoms. The Hall–Kier alpha value is -0.450. The molecule has 0 radical (unpaired) electrons. The summed E-state index contributed by atoms with van der Waals surface area (Å²) in [6.07, 6.45) is 5.42. The molecule has 130 valence electrons. The molecular weight excluding hydrogens is 292 g/mol. The van der Waals surface area contributed by atoms with Crippen LogP contribution in [0.5, 0.6) is 0 Å². The van der Waals surface area contributed by atoms with Crippen molar-refractivity contribution >= 4 is 5.78 Å². The average Bonchev–Trinajstić information content (AvgIpc) is 2.77. The first-order chi connectivity index (χ1) is 10.7. The van der Waals surface area contributed by atoms with Crippen LogP contribution in [0, 0.1) is 34.5 Å². The van der Waals surface area contributed by atoms with E-state index in [1.165, 1.54) is 0 Å². The Balaban J connectivity index is 1.68. The van der Waals surface area contributed by atoms with E-state index < -0.39 is 11.9 Å². The summed E-state index contributed by atoms with van der Waals surface area (Å²) >= 11 is 0. The van der Waals surface area contributed by atoms with E-state index in [-0.39, 0.29) is 22.7 Å². The van der Waals surface area contributed by atoms with Gasteiger partial charge in [-0.25, -0.2) is 0 Å². The maximum Gasteiger partial charge on any atom is 0.162 e. The second kappa shape index (κ2) is 4.80. The van der Waals surface area contributed by atoms with Crippen molar-refractivity contribution in [2.45, 2.75) is 77.1 Å². The summed E-state index contributed by atoms with van der Waals surface area (Å²) in [5.41, 5.74) is -0.149. The van der Waals surface area contributed by atoms with Gasteiger partial charge in [0.2, 0.25) is 0 Å². The molecule has 7 atom stereocenters. The summed E-state index contributed by atoms with van der Waals surface area (Å²) < 4.78 is 0. The summed E-state index contributed by atoms with van der Waals surface area (Å²) in [5.74, 6) is -0.0552. The third-order valence-electron chi connectivity index (χ3n) is 8.43. The largest absolute Gasteiger partial charge is 0.393 e. The van der Waals surface area contributed by atoms with Gasteiger partial charge >= 0.3 is 0 Å². The smallest absolute Gasteiger partial charge is 0.162 e. The molecule has 0 aromatic carbocycles. The first-order valence-electron chi connectivity index (χ1n) is 9.33. The average molecular weight is 322 g/mol. The van der Waals surface area contributed by atoms with Crippen molar-refractivity contribution in [1.82, 2.24) is 0 Å². The van der Waals surface area contributed by atoms with Gasteiger partial charge in [-0.15, -0.1) is 0 Å². The fourth-order valence-electron chi connectivity index (χ4n) is 6.97. The summed E-state index contributed by atoms with van der Waals surface area (Å²) in [6, 6.07) is 0. The van der Waals surface area contributed by atoms with Gasteiger partial charge in [0.15, 0.2) is 5.79 Å². The highest BCUT2D eigenvalue weighted by atomic mass is 16.5. The topological polar surface area (TPSA) is 77.8 Å². The number of fused-ring (bicyclic) bond motifs is 5. The van der Waals surface area contributed by atoms with Gasteiger partial charge in [0.25, 0.3) is 0 Å². The molecule has 4 aliphatic carbocycles. The first-order valence-corrected chi connectivity index (χ1v) is 9.33. The molecule has 2 unspecified atom stereocenters. The molecule has 0 heterocycles. The zero-order valence-corrected chi connectivity index (χ0v) is 14.3. The van der Waals surface area contributed by atoms with E-state index >= 15 is 0 Å². The molecule has 4 heteroatoms. The third-order valence-corrected chi connectivity index (χ3v) is 8.43. The Morgan fingerprint density at radius 1 is 1.04 bits per heavy atom. The number of carbonyl (C=O) groups excluding carboxylic acids is 1. The minimum atomic E-state index is -1.57. The molecule has 4 rings (SSSR count). The van der Waals surface area contributed by atoms with E-state index in [0.717, 1.165) is 25.7 Å². The van der Waals surface area contributed by atoms with Crippen LogP contribution in [-0.4, -0.2) is 33.0 Å². The molecule has 3 N–H and O–H groups in total. The highest BCUT2D eigenvalue weighted by Gasteiger charge is 2.63. The van der Waals surface area contributed by atoms with Gasteiger partial charge in [-0.1, -0.05) is 13.8 Å². The molecule has 0 amide bonds. The van der Waals surface area contributed by atoms with Crippen molar-refractivity contribution < 1.29 is 20.1 Å². The van der Waals surface area contributed by atoms with E-state index in [1.807, 2.05) is 0 Å². The zero-order chi connectivity index (χ0) is 16.6. The number of Topliss-reactive ketones (excluding diaryl/α,β-unsaturated/α-hetero) is 1. The van der Waals surface area contributed by atoms with Crippen LogP contribution in [0.2, 0.25) is 0 Å². The first kappa shape index (κ1) is 16.0. The summed E-state index contributed by atoms with van der Waals surface area (Å²) in [4.78, 5) is 12.4. The number of hydrogen-bond donors (Lipinski definition) is 3. The van der Waals surface area contributed by atoms with Crippen LogP contribution in [0.1, 0.15) is 65.2 Å². The van der Waals surface area contributed by atoms with Gasteiger partial charge < -0.3 is 15.3 Å². The lowest BCUT2D eigenvalue weighted by molar-refractivity contribution is -0.244. The number of rotatable bonds is 0. The standard InChI is InChI=1S/C19H30O4/c1-17-7-8-19(22,23)10-11(17)9-14(20)16-12-3-4-15(21)18(12,2)6-5-13(16)17/h11-14,16,20,22-23H,3-10H2,1-2H3/t11?,12-,13-,14?,16-,17-,18-/m0/s1. The van der Waals surface area contributed by atoms with Crippen molar-refractivity contribution in [3.63, 3.8) is 0 Å². The van der Waals surface area contributed by atoms with Crippen LogP contribution >= 0.6 is 0 Å². The van der Waals surface area contributed by atoms with E-state index in [2.05, 4.69) is 13.8 Å². The molecule has 0 aliphatic heterocycles. The molecular formula is C19H30O4. The van der Waals surface area contributed by atoms with E-state index in [1.54, 1.807) is 0 Å². The van der Waals surface area contributed by atoms with Gasteiger partial charge in [0.05, 0.1) is 6.10 Å². The fourth-order valence-corrected chi connectivity index (χ4v) is 6.97. The predicted molar refractivity (Wildman–Crippen MR) is 85.3 cm³/mol. The summed E-state index contributed by atoms with van der Waals surface area (Å²) in [5, 5.41) is 31.0. The SMILES string of the molecule is C[C@]12CCC(O)(O)CC1CC(O)[C@@H]1[C@@H]2CC[C@]2(C)C(=O)CC[C@@H]12. The Kier molecular flexibility index (Phi) is 3.35. The van der Waals surface area contributed by atoms with Gasteiger partial charge in [-0.2, -0.15) is 0 Å². The number of ketones is 1. The van der Waals surface area contributed by atoms with Gasteiger partial charge in [0.1, 0.15) is 5.78 Å². The highest BCUT2D eigenvalue weighted by Crippen LogP contribution is 2.65. The molecule has 4 nitrogen and oxygen atoms in total. The number of hydrogen-bond acceptors (Lipinski definition) is 4. The molecule has 4 fully saturated rings. The summed E-state index contributed by atoms with van der Waals surface area (Å²) in [6.45, 7) is 4.42. The lowest BCUT2D eigenvalue weighted by atomic mass is 9.44. The van der Waals surface area contributed by atoms with Crippen molar-refractivity contribution in [2.24, 2.45) is 34.5 Å². The van der Waals surface area contributed by atoms with Crippen LogP contribution in [0.15, 0.2) is 0 Å². The molecule has 0 spiro atoms. The molecule has 4 saturated carbocycles. The van der Waals surface area contributed by atoms with Crippen LogP contribution in [0.25, 0.3) is 0 Å². The minimum absolute atomic E-state index is 0.0752. The van der Waals surface area contributed by atoms with Gasteiger partial charge in [-0.3, -0.25) is 4.79 Å². The van der Waals surface area contributed by atoms with Gasteiger partial charge in [-0.05, 0) is 61.2 Å². The quantitative estimate of drug-likeness (QED) is 0.598. The zero-order valence-electron chi connectivity index (χ0n) is 14.3. The highest BCUT2D eigenvalue weighted by molar-refractivity contribution is 5.87. The monoisotopic (exact) mass is 322 g/mol. The Morgan fingerprint density at radius 2 is 1.78 bits per heavy atom. The molecule has 4 aliphatic rings. The third kappa shape index (κ3) is 2.11. The molecule has 0 aromatic heterocycles. The summed E-state index contributed by atoms with van der Waals surface area (Å²) in [7, 11) is 0. The fraction of sp³-hybridized carbons (Fsp3) is 0.947. The number of aliphatic hydroxyl groups is 3.